The summed E-state index contributed by atoms with van der Waals surface area (Å²) in [6.45, 7) is 2.50. The molecule has 1 aromatic rings. The van der Waals surface area contributed by atoms with Crippen LogP contribution in [0.2, 0.25) is 0 Å². The van der Waals surface area contributed by atoms with Gasteiger partial charge in [-0.25, -0.2) is 4.79 Å². The topological polar surface area (TPSA) is 38.3 Å². The van der Waals surface area contributed by atoms with E-state index in [4.69, 9.17) is 4.74 Å². The first kappa shape index (κ1) is 12.0. The van der Waals surface area contributed by atoms with E-state index in [0.717, 1.165) is 19.3 Å². The maximum Gasteiger partial charge on any atom is 0.407 e. The number of nitrogens with one attached hydrogen (secondary N) is 1. The van der Waals surface area contributed by atoms with Gasteiger partial charge >= 0.3 is 6.09 Å². The molecule has 0 aromatic heterocycles. The lowest BCUT2D eigenvalue weighted by Gasteiger charge is -2.38. The molecule has 0 saturated heterocycles. The zero-order valence-corrected chi connectivity index (χ0v) is 10.2. The van der Waals surface area contributed by atoms with Crippen molar-refractivity contribution in [3.8, 4) is 0 Å². The normalized spacial score (nSPS) is 17.0. The summed E-state index contributed by atoms with van der Waals surface area (Å²) in [5, 5.41) is 2.92. The first-order chi connectivity index (χ1) is 8.18. The largest absolute Gasteiger partial charge is 0.449 e. The molecule has 0 radical (unpaired) electrons. The summed E-state index contributed by atoms with van der Waals surface area (Å²) in [4.78, 5) is 11.5. The number of carbonyl (C=O) groups excluding carboxylic acids is 1. The van der Waals surface area contributed by atoms with E-state index in [1.165, 1.54) is 12.0 Å². The molecule has 1 saturated carbocycles. The number of alkyl carbamates (subject to hydrolysis) is 1. The van der Waals surface area contributed by atoms with Crippen LogP contribution in [-0.4, -0.2) is 18.2 Å². The minimum absolute atomic E-state index is 0.0240. The van der Waals surface area contributed by atoms with E-state index in [2.05, 4.69) is 12.2 Å². The SMILES string of the molecule is CC1(NC(=O)OCCc2ccccc2)CCC1. The van der Waals surface area contributed by atoms with Crippen molar-refractivity contribution in [3.63, 3.8) is 0 Å². The number of hydrogen-bond donors (Lipinski definition) is 1. The van der Waals surface area contributed by atoms with Crippen LogP contribution in [-0.2, 0) is 11.2 Å². The van der Waals surface area contributed by atoms with Gasteiger partial charge in [0.05, 0.1) is 6.61 Å². The van der Waals surface area contributed by atoms with Gasteiger partial charge in [-0.1, -0.05) is 30.3 Å². The molecule has 3 nitrogen and oxygen atoms in total. The molecule has 3 heteroatoms. The Morgan fingerprint density at radius 1 is 1.35 bits per heavy atom. The van der Waals surface area contributed by atoms with E-state index < -0.39 is 0 Å². The summed E-state index contributed by atoms with van der Waals surface area (Å²) in [7, 11) is 0. The predicted octanol–water partition coefficient (Wildman–Crippen LogP) is 2.90. The van der Waals surface area contributed by atoms with Gasteiger partial charge in [-0.2, -0.15) is 0 Å². The molecule has 1 N–H and O–H groups in total. The van der Waals surface area contributed by atoms with Crippen molar-refractivity contribution in [1.82, 2.24) is 5.32 Å². The molecule has 92 valence electrons. The van der Waals surface area contributed by atoms with Crippen molar-refractivity contribution >= 4 is 6.09 Å². The van der Waals surface area contributed by atoms with E-state index in [1.807, 2.05) is 30.3 Å². The van der Waals surface area contributed by atoms with Crippen LogP contribution in [0.1, 0.15) is 31.7 Å². The number of amides is 1. The molecule has 0 unspecified atom stereocenters. The van der Waals surface area contributed by atoms with E-state index >= 15 is 0 Å². The summed E-state index contributed by atoms with van der Waals surface area (Å²) in [6, 6.07) is 10.0. The number of ether oxygens (including phenoxy) is 1. The molecule has 17 heavy (non-hydrogen) atoms. The summed E-state index contributed by atoms with van der Waals surface area (Å²) < 4.78 is 5.17. The van der Waals surface area contributed by atoms with Crippen molar-refractivity contribution in [3.05, 3.63) is 35.9 Å². The summed E-state index contributed by atoms with van der Waals surface area (Å²) in [6.07, 6.45) is 3.79. The highest BCUT2D eigenvalue weighted by Crippen LogP contribution is 2.30. The van der Waals surface area contributed by atoms with E-state index in [1.54, 1.807) is 0 Å². The molecule has 0 atom stereocenters. The monoisotopic (exact) mass is 233 g/mol. The van der Waals surface area contributed by atoms with Gasteiger partial charge in [0.2, 0.25) is 0 Å². The molecule has 0 heterocycles. The number of carbonyl (C=O) groups is 1. The summed E-state index contributed by atoms with van der Waals surface area (Å²) in [5.74, 6) is 0. The fourth-order valence-electron chi connectivity index (χ4n) is 2.02. The first-order valence-electron chi connectivity index (χ1n) is 6.17. The van der Waals surface area contributed by atoms with Gasteiger partial charge in [0.15, 0.2) is 0 Å². The average molecular weight is 233 g/mol. The van der Waals surface area contributed by atoms with Crippen molar-refractivity contribution in [1.29, 1.82) is 0 Å². The Morgan fingerprint density at radius 2 is 2.06 bits per heavy atom. The third-order valence-corrected chi connectivity index (χ3v) is 3.33. The first-order valence-corrected chi connectivity index (χ1v) is 6.17. The van der Waals surface area contributed by atoms with E-state index in [0.29, 0.717) is 6.61 Å². The minimum atomic E-state index is -0.289. The lowest BCUT2D eigenvalue weighted by Crippen LogP contribution is -2.51. The second-order valence-corrected chi connectivity index (χ2v) is 4.91. The van der Waals surface area contributed by atoms with Gasteiger partial charge in [-0.3, -0.25) is 0 Å². The van der Waals surface area contributed by atoms with Crippen LogP contribution in [0.4, 0.5) is 4.79 Å². The average Bonchev–Trinajstić information content (AvgIpc) is 2.28. The molecule has 1 aliphatic rings. The molecule has 1 aromatic carbocycles. The smallest absolute Gasteiger partial charge is 0.407 e. The maximum absolute atomic E-state index is 11.5. The van der Waals surface area contributed by atoms with Gasteiger partial charge < -0.3 is 10.1 Å². The second-order valence-electron chi connectivity index (χ2n) is 4.91. The van der Waals surface area contributed by atoms with Gasteiger partial charge in [0, 0.05) is 12.0 Å². The van der Waals surface area contributed by atoms with Gasteiger partial charge in [0.25, 0.3) is 0 Å². The van der Waals surface area contributed by atoms with Crippen molar-refractivity contribution in [2.24, 2.45) is 0 Å². The summed E-state index contributed by atoms with van der Waals surface area (Å²) >= 11 is 0. The van der Waals surface area contributed by atoms with Crippen molar-refractivity contribution < 1.29 is 9.53 Å². The number of rotatable bonds is 4. The summed E-state index contributed by atoms with van der Waals surface area (Å²) in [5.41, 5.74) is 1.17. The third-order valence-electron chi connectivity index (χ3n) is 3.33. The third kappa shape index (κ3) is 3.48. The minimum Gasteiger partial charge on any atom is -0.449 e. The highest BCUT2D eigenvalue weighted by atomic mass is 16.5. The zero-order valence-electron chi connectivity index (χ0n) is 10.2. The van der Waals surface area contributed by atoms with Crippen LogP contribution < -0.4 is 5.32 Å². The molecule has 0 aliphatic heterocycles. The maximum atomic E-state index is 11.5. The molecule has 1 amide bonds. The van der Waals surface area contributed by atoms with Gasteiger partial charge in [-0.05, 0) is 31.7 Å². The zero-order chi connectivity index (χ0) is 12.1. The highest BCUT2D eigenvalue weighted by Gasteiger charge is 2.33. The van der Waals surface area contributed by atoms with Crippen LogP contribution in [0.5, 0.6) is 0 Å². The lowest BCUT2D eigenvalue weighted by atomic mass is 9.79. The Hall–Kier alpha value is -1.51. The Kier molecular flexibility index (Phi) is 3.67. The molecule has 0 spiro atoms. The molecular weight excluding hydrogens is 214 g/mol. The van der Waals surface area contributed by atoms with Crippen molar-refractivity contribution in [2.45, 2.75) is 38.1 Å². The molecule has 1 fully saturated rings. The molecule has 2 rings (SSSR count). The molecular formula is C14H19NO2. The van der Waals surface area contributed by atoms with Crippen LogP contribution in [0, 0.1) is 0 Å². The van der Waals surface area contributed by atoms with Crippen LogP contribution in [0.25, 0.3) is 0 Å². The fourth-order valence-corrected chi connectivity index (χ4v) is 2.02. The van der Waals surface area contributed by atoms with Gasteiger partial charge in [0.1, 0.15) is 0 Å². The van der Waals surface area contributed by atoms with Crippen LogP contribution >= 0.6 is 0 Å². The number of benzene rings is 1. The Labute approximate surface area is 102 Å². The fraction of sp³-hybridized carbons (Fsp3) is 0.500. The Morgan fingerprint density at radius 3 is 2.65 bits per heavy atom. The Bertz CT molecular complexity index is 371. The van der Waals surface area contributed by atoms with Crippen molar-refractivity contribution in [2.75, 3.05) is 6.61 Å². The van der Waals surface area contributed by atoms with E-state index in [9.17, 15) is 4.79 Å². The van der Waals surface area contributed by atoms with Crippen LogP contribution in [0.15, 0.2) is 30.3 Å². The quantitative estimate of drug-likeness (QED) is 0.868. The predicted molar refractivity (Wildman–Crippen MR) is 66.9 cm³/mol. The highest BCUT2D eigenvalue weighted by molar-refractivity contribution is 5.68. The second kappa shape index (κ2) is 5.21. The standard InChI is InChI=1S/C14H19NO2/c1-14(9-5-10-14)15-13(16)17-11-8-12-6-3-2-4-7-12/h2-4,6-7H,5,8-11H2,1H3,(H,15,16). The van der Waals surface area contributed by atoms with Gasteiger partial charge in [-0.15, -0.1) is 0 Å². The molecule has 0 bridgehead atoms. The van der Waals surface area contributed by atoms with Crippen LogP contribution in [0.3, 0.4) is 0 Å². The Balaban J connectivity index is 1.66. The van der Waals surface area contributed by atoms with E-state index in [-0.39, 0.29) is 11.6 Å². The lowest BCUT2D eigenvalue weighted by molar-refractivity contribution is 0.119. The number of hydrogen-bond acceptors (Lipinski definition) is 2. The molecule has 1 aliphatic carbocycles.